The Morgan fingerprint density at radius 3 is 2.06 bits per heavy atom. The third kappa shape index (κ3) is 6.14. The molecule has 1 aliphatic rings. The van der Waals surface area contributed by atoms with Crippen molar-refractivity contribution in [3.05, 3.63) is 59.7 Å². The summed E-state index contributed by atoms with van der Waals surface area (Å²) in [5.74, 6) is -2.63. The summed E-state index contributed by atoms with van der Waals surface area (Å²) in [4.78, 5) is 36.3. The Balaban J connectivity index is 1.62. The second kappa shape index (κ2) is 10.7. The molecule has 0 saturated heterocycles. The van der Waals surface area contributed by atoms with Crippen molar-refractivity contribution >= 4 is 18.0 Å². The zero-order valence-corrected chi connectivity index (χ0v) is 19.7. The number of aliphatic hydroxyl groups excluding tert-OH is 1. The van der Waals surface area contributed by atoms with Crippen molar-refractivity contribution in [2.24, 2.45) is 11.3 Å². The molecule has 0 fully saturated rings. The van der Waals surface area contributed by atoms with Gasteiger partial charge in [0.05, 0.1) is 12.5 Å². The van der Waals surface area contributed by atoms with E-state index in [1.165, 1.54) is 0 Å². The van der Waals surface area contributed by atoms with Gasteiger partial charge < -0.3 is 25.6 Å². The first-order chi connectivity index (χ1) is 16.1. The molecule has 8 nitrogen and oxygen atoms in total. The van der Waals surface area contributed by atoms with E-state index in [2.05, 4.69) is 22.8 Å². The molecule has 3 rings (SSSR count). The highest BCUT2D eigenvalue weighted by atomic mass is 16.5. The maximum Gasteiger partial charge on any atom is 0.407 e. The normalized spacial score (nSPS) is 14.5. The highest BCUT2D eigenvalue weighted by Crippen LogP contribution is 2.44. The van der Waals surface area contributed by atoms with Crippen molar-refractivity contribution < 1.29 is 29.3 Å². The summed E-state index contributed by atoms with van der Waals surface area (Å²) in [5, 5.41) is 23.3. The summed E-state index contributed by atoms with van der Waals surface area (Å²) in [7, 11) is 0. The van der Waals surface area contributed by atoms with Crippen LogP contribution in [0.15, 0.2) is 48.5 Å². The van der Waals surface area contributed by atoms with Crippen LogP contribution in [0.3, 0.4) is 0 Å². The van der Waals surface area contributed by atoms with E-state index in [-0.39, 0.29) is 24.5 Å². The molecule has 2 aromatic carbocycles. The third-order valence-corrected chi connectivity index (χ3v) is 5.86. The monoisotopic (exact) mass is 468 g/mol. The molecule has 0 aliphatic heterocycles. The van der Waals surface area contributed by atoms with Crippen molar-refractivity contribution in [3.63, 3.8) is 0 Å². The number of fused-ring (bicyclic) bond motifs is 3. The van der Waals surface area contributed by atoms with Crippen LogP contribution in [-0.4, -0.2) is 54.0 Å². The van der Waals surface area contributed by atoms with Crippen LogP contribution in [0.2, 0.25) is 0 Å². The summed E-state index contributed by atoms with van der Waals surface area (Å²) in [6.45, 7) is 5.26. The number of carbonyl (C=O) groups is 3. The summed E-state index contributed by atoms with van der Waals surface area (Å²) >= 11 is 0. The molecule has 8 heteroatoms. The first-order valence-corrected chi connectivity index (χ1v) is 11.3. The number of carboxylic acid groups (broad SMARTS) is 1. The number of carboxylic acids is 1. The highest BCUT2D eigenvalue weighted by molar-refractivity contribution is 5.85. The molecule has 0 saturated carbocycles. The Bertz CT molecular complexity index is 1000. The molecule has 0 bridgehead atoms. The average Bonchev–Trinajstić information content (AvgIpc) is 3.11. The van der Waals surface area contributed by atoms with Crippen LogP contribution in [-0.2, 0) is 14.3 Å². The van der Waals surface area contributed by atoms with Crippen LogP contribution in [0.4, 0.5) is 4.79 Å². The van der Waals surface area contributed by atoms with Gasteiger partial charge in [0, 0.05) is 12.5 Å². The lowest BCUT2D eigenvalue weighted by Crippen LogP contribution is -2.48. The van der Waals surface area contributed by atoms with Gasteiger partial charge in [0.2, 0.25) is 5.91 Å². The van der Waals surface area contributed by atoms with Crippen LogP contribution >= 0.6 is 0 Å². The Morgan fingerprint density at radius 1 is 1.00 bits per heavy atom. The third-order valence-electron chi connectivity index (χ3n) is 5.86. The van der Waals surface area contributed by atoms with Gasteiger partial charge in [-0.2, -0.15) is 0 Å². The van der Waals surface area contributed by atoms with Crippen LogP contribution in [0.1, 0.15) is 44.2 Å². The Morgan fingerprint density at radius 2 is 1.56 bits per heavy atom. The number of aliphatic carboxylic acids is 1. The van der Waals surface area contributed by atoms with Gasteiger partial charge in [-0.1, -0.05) is 69.3 Å². The van der Waals surface area contributed by atoms with E-state index >= 15 is 0 Å². The van der Waals surface area contributed by atoms with Gasteiger partial charge in [-0.15, -0.1) is 0 Å². The second-order valence-electron chi connectivity index (χ2n) is 9.75. The van der Waals surface area contributed by atoms with Gasteiger partial charge in [-0.05, 0) is 34.1 Å². The number of benzene rings is 2. The fourth-order valence-corrected chi connectivity index (χ4v) is 4.33. The van der Waals surface area contributed by atoms with Crippen LogP contribution in [0, 0.1) is 11.3 Å². The SMILES string of the molecule is CC(C)(C)CC(CNC(=O)OCC1c2ccccc2-c2ccccc21)C(=O)N[C@@H](CO)C(=O)O. The zero-order chi connectivity index (χ0) is 24.9. The van der Waals surface area contributed by atoms with Crippen molar-refractivity contribution in [1.29, 1.82) is 0 Å². The number of hydrogen-bond acceptors (Lipinski definition) is 5. The molecule has 1 aliphatic carbocycles. The van der Waals surface area contributed by atoms with E-state index in [4.69, 9.17) is 9.84 Å². The van der Waals surface area contributed by atoms with Crippen molar-refractivity contribution in [3.8, 4) is 11.1 Å². The molecular weight excluding hydrogens is 436 g/mol. The lowest BCUT2D eigenvalue weighted by molar-refractivity contribution is -0.143. The molecule has 2 amide bonds. The van der Waals surface area contributed by atoms with E-state index in [9.17, 15) is 19.5 Å². The Labute approximate surface area is 199 Å². The first kappa shape index (κ1) is 25.2. The lowest BCUT2D eigenvalue weighted by Gasteiger charge is -2.26. The van der Waals surface area contributed by atoms with Gasteiger partial charge in [-0.3, -0.25) is 4.79 Å². The second-order valence-corrected chi connectivity index (χ2v) is 9.75. The van der Waals surface area contributed by atoms with Gasteiger partial charge in [-0.25, -0.2) is 9.59 Å². The number of alkyl carbamates (subject to hydrolysis) is 1. The molecule has 0 heterocycles. The number of carbonyl (C=O) groups excluding carboxylic acids is 2. The van der Waals surface area contributed by atoms with Crippen LogP contribution < -0.4 is 10.6 Å². The molecule has 34 heavy (non-hydrogen) atoms. The fraction of sp³-hybridized carbons (Fsp3) is 0.423. The summed E-state index contributed by atoms with van der Waals surface area (Å²) in [6, 6.07) is 14.7. The molecule has 1 unspecified atom stereocenters. The van der Waals surface area contributed by atoms with Crippen molar-refractivity contribution in [2.45, 2.75) is 39.2 Å². The van der Waals surface area contributed by atoms with Gasteiger partial charge in [0.25, 0.3) is 0 Å². The Hall–Kier alpha value is -3.39. The van der Waals surface area contributed by atoms with Crippen LogP contribution in [0.5, 0.6) is 0 Å². The van der Waals surface area contributed by atoms with E-state index in [0.29, 0.717) is 6.42 Å². The first-order valence-electron chi connectivity index (χ1n) is 11.3. The summed E-state index contributed by atoms with van der Waals surface area (Å²) in [6.07, 6.45) is -0.245. The van der Waals surface area contributed by atoms with E-state index in [1.807, 2.05) is 57.2 Å². The minimum Gasteiger partial charge on any atom is -0.480 e. The van der Waals surface area contributed by atoms with Gasteiger partial charge >= 0.3 is 12.1 Å². The standard InChI is InChI=1S/C26H32N2O6/c1-26(2,3)12-16(23(30)28-22(14-29)24(31)32)13-27-25(33)34-15-21-19-10-6-4-8-17(19)18-9-5-7-11-20(18)21/h4-11,16,21-22,29H,12-15H2,1-3H3,(H,27,33)(H,28,30)(H,31,32)/t16?,22-/m0/s1. The van der Waals surface area contributed by atoms with Gasteiger partial charge in [0.15, 0.2) is 0 Å². The molecular formula is C26H32N2O6. The van der Waals surface area contributed by atoms with E-state index < -0.39 is 36.5 Å². The topological polar surface area (TPSA) is 125 Å². The van der Waals surface area contributed by atoms with Crippen molar-refractivity contribution in [1.82, 2.24) is 10.6 Å². The number of ether oxygens (including phenoxy) is 1. The highest BCUT2D eigenvalue weighted by Gasteiger charge is 2.31. The predicted molar refractivity (Wildman–Crippen MR) is 127 cm³/mol. The number of aliphatic hydroxyl groups is 1. The number of amides is 2. The average molecular weight is 469 g/mol. The molecule has 182 valence electrons. The largest absolute Gasteiger partial charge is 0.480 e. The minimum absolute atomic E-state index is 0.0163. The zero-order valence-electron chi connectivity index (χ0n) is 19.7. The number of nitrogens with one attached hydrogen (secondary N) is 2. The van der Waals surface area contributed by atoms with Crippen molar-refractivity contribution in [2.75, 3.05) is 19.8 Å². The van der Waals surface area contributed by atoms with E-state index in [0.717, 1.165) is 22.3 Å². The maximum absolute atomic E-state index is 12.7. The molecule has 2 aromatic rings. The smallest absolute Gasteiger partial charge is 0.407 e. The quantitative estimate of drug-likeness (QED) is 0.448. The summed E-state index contributed by atoms with van der Waals surface area (Å²) < 4.78 is 5.52. The molecule has 4 N–H and O–H groups in total. The maximum atomic E-state index is 12.7. The molecule has 0 spiro atoms. The van der Waals surface area contributed by atoms with Gasteiger partial charge in [0.1, 0.15) is 12.6 Å². The predicted octanol–water partition coefficient (Wildman–Crippen LogP) is 3.14. The molecule has 0 aromatic heterocycles. The van der Waals surface area contributed by atoms with Crippen LogP contribution in [0.25, 0.3) is 11.1 Å². The lowest BCUT2D eigenvalue weighted by atomic mass is 9.84. The summed E-state index contributed by atoms with van der Waals surface area (Å²) in [5.41, 5.74) is 4.22. The molecule has 0 radical (unpaired) electrons. The number of rotatable bonds is 9. The van der Waals surface area contributed by atoms with E-state index in [1.54, 1.807) is 0 Å². The molecule has 2 atom stereocenters. The minimum atomic E-state index is -1.40. The fourth-order valence-electron chi connectivity index (χ4n) is 4.33. The Kier molecular flexibility index (Phi) is 7.94. The number of hydrogen-bond donors (Lipinski definition) is 4.